The Morgan fingerprint density at radius 2 is 2.28 bits per heavy atom. The number of carbonyl (C=O) groups excluding carboxylic acids is 1. The molecule has 0 aromatic carbocycles. The lowest BCUT2D eigenvalue weighted by atomic mass is 9.83. The molecule has 0 amide bonds. The number of nitriles is 1. The molecule has 1 aromatic heterocycles. The average Bonchev–Trinajstić information content (AvgIpc) is 3.16. The van der Waals surface area contributed by atoms with E-state index in [0.29, 0.717) is 36.2 Å². The number of hydrogen-bond acceptors (Lipinski definition) is 7. The fraction of sp³-hybridized carbons (Fsp3) is 0.500. The summed E-state index contributed by atoms with van der Waals surface area (Å²) in [6.07, 6.45) is 6.32. The van der Waals surface area contributed by atoms with Gasteiger partial charge in [-0.1, -0.05) is 33.3 Å². The molecule has 0 saturated carbocycles. The summed E-state index contributed by atoms with van der Waals surface area (Å²) in [6.45, 7) is 8.25. The van der Waals surface area contributed by atoms with Gasteiger partial charge in [-0.3, -0.25) is 4.79 Å². The molecular weight excluding hydrogens is 384 g/mol. The minimum Gasteiger partial charge on any atom is -0.491 e. The van der Waals surface area contributed by atoms with Crippen molar-refractivity contribution in [1.29, 1.82) is 5.26 Å². The van der Waals surface area contributed by atoms with Gasteiger partial charge in [-0.05, 0) is 17.9 Å². The van der Waals surface area contributed by atoms with Crippen LogP contribution in [0.4, 0.5) is 0 Å². The van der Waals surface area contributed by atoms with Crippen LogP contribution in [0.3, 0.4) is 0 Å². The number of unbranched alkanes of at least 4 members (excludes halogenated alkanes) is 1. The lowest BCUT2D eigenvalue weighted by Crippen LogP contribution is -2.33. The van der Waals surface area contributed by atoms with Crippen LogP contribution in [0.15, 0.2) is 40.3 Å². The topological polar surface area (TPSA) is 92.2 Å². The summed E-state index contributed by atoms with van der Waals surface area (Å²) in [5, 5.41) is 11.4. The third-order valence-corrected chi connectivity index (χ3v) is 5.89. The molecular formula is C22H28N4O2S. The summed E-state index contributed by atoms with van der Waals surface area (Å²) in [4.78, 5) is 19.3. The second-order valence-electron chi connectivity index (χ2n) is 7.77. The molecule has 2 aliphatic rings. The van der Waals surface area contributed by atoms with Crippen molar-refractivity contribution in [2.75, 3.05) is 19.7 Å². The molecule has 1 unspecified atom stereocenters. The van der Waals surface area contributed by atoms with E-state index in [9.17, 15) is 4.79 Å². The fourth-order valence-electron chi connectivity index (χ4n) is 3.58. The van der Waals surface area contributed by atoms with Crippen LogP contribution >= 0.6 is 11.3 Å². The number of thiazole rings is 1. The van der Waals surface area contributed by atoms with Gasteiger partial charge < -0.3 is 15.4 Å². The Hall–Kier alpha value is -2.43. The first-order chi connectivity index (χ1) is 14.0. The van der Waals surface area contributed by atoms with Crippen LogP contribution in [0.1, 0.15) is 56.7 Å². The van der Waals surface area contributed by atoms with E-state index in [1.54, 1.807) is 5.38 Å². The number of Topliss-reactive ketones (excluding diaryl/α,β-unsaturated/α-hetero) is 1. The van der Waals surface area contributed by atoms with Gasteiger partial charge in [-0.15, -0.1) is 11.3 Å². The molecule has 2 heterocycles. The van der Waals surface area contributed by atoms with Crippen LogP contribution in [0, 0.1) is 17.2 Å². The van der Waals surface area contributed by atoms with Crippen LogP contribution in [-0.2, 0) is 9.53 Å². The fourth-order valence-corrected chi connectivity index (χ4v) is 4.42. The highest BCUT2D eigenvalue weighted by Crippen LogP contribution is 2.41. The summed E-state index contributed by atoms with van der Waals surface area (Å²) >= 11 is 1.35. The number of fused-ring (bicyclic) bond motifs is 1. The van der Waals surface area contributed by atoms with Crippen molar-refractivity contribution in [2.45, 2.75) is 46.0 Å². The highest BCUT2D eigenvalue weighted by Gasteiger charge is 2.35. The van der Waals surface area contributed by atoms with Gasteiger partial charge in [0.25, 0.3) is 0 Å². The van der Waals surface area contributed by atoms with Gasteiger partial charge in [0, 0.05) is 36.7 Å². The predicted molar refractivity (Wildman–Crippen MR) is 114 cm³/mol. The largest absolute Gasteiger partial charge is 0.491 e. The van der Waals surface area contributed by atoms with Gasteiger partial charge in [0.1, 0.15) is 16.8 Å². The van der Waals surface area contributed by atoms with E-state index < -0.39 is 5.92 Å². The molecule has 6 nitrogen and oxygen atoms in total. The SMILES string of the molecule is CCCCOC1=C(CN)N(CC(C)C)C=C2CC(=O)C(c3nc(C#N)cs3)C=C21. The lowest BCUT2D eigenvalue weighted by Gasteiger charge is -2.35. The van der Waals surface area contributed by atoms with Crippen LogP contribution in [0.2, 0.25) is 0 Å². The predicted octanol–water partition coefficient (Wildman–Crippen LogP) is 3.84. The zero-order valence-electron chi connectivity index (χ0n) is 17.3. The monoisotopic (exact) mass is 412 g/mol. The van der Waals surface area contributed by atoms with E-state index in [2.05, 4.69) is 36.9 Å². The number of ether oxygens (including phenoxy) is 1. The summed E-state index contributed by atoms with van der Waals surface area (Å²) in [7, 11) is 0. The molecule has 1 aliphatic heterocycles. The Morgan fingerprint density at radius 3 is 2.90 bits per heavy atom. The number of nitrogens with two attached hydrogens (primary N) is 1. The Bertz CT molecular complexity index is 904. The Balaban J connectivity index is 2.04. The van der Waals surface area contributed by atoms with Crippen LogP contribution in [0.25, 0.3) is 0 Å². The number of allylic oxidation sites excluding steroid dienone is 2. The van der Waals surface area contributed by atoms with Crippen molar-refractivity contribution in [3.05, 3.63) is 51.0 Å². The number of aromatic nitrogens is 1. The quantitative estimate of drug-likeness (QED) is 0.652. The number of hydrogen-bond donors (Lipinski definition) is 1. The van der Waals surface area contributed by atoms with E-state index in [-0.39, 0.29) is 5.78 Å². The van der Waals surface area contributed by atoms with Crippen LogP contribution < -0.4 is 5.73 Å². The second kappa shape index (κ2) is 9.38. The maximum Gasteiger partial charge on any atom is 0.151 e. The number of nitrogens with zero attached hydrogens (tertiary/aromatic N) is 3. The minimum atomic E-state index is -0.449. The van der Waals surface area contributed by atoms with E-state index in [0.717, 1.165) is 42.0 Å². The van der Waals surface area contributed by atoms with Gasteiger partial charge in [0.2, 0.25) is 0 Å². The number of rotatable bonds is 8. The summed E-state index contributed by atoms with van der Waals surface area (Å²) in [5.41, 5.74) is 9.34. The number of ketones is 1. The van der Waals surface area contributed by atoms with E-state index in [1.165, 1.54) is 11.3 Å². The van der Waals surface area contributed by atoms with Gasteiger partial charge in [0.05, 0.1) is 18.2 Å². The summed E-state index contributed by atoms with van der Waals surface area (Å²) in [5.74, 6) is 0.874. The Labute approximate surface area is 176 Å². The molecule has 1 aliphatic carbocycles. The van der Waals surface area contributed by atoms with Gasteiger partial charge in [-0.2, -0.15) is 5.26 Å². The maximum absolute atomic E-state index is 12.9. The highest BCUT2D eigenvalue weighted by atomic mass is 32.1. The van der Waals surface area contributed by atoms with Crippen molar-refractivity contribution in [3.8, 4) is 6.07 Å². The molecule has 0 spiro atoms. The second-order valence-corrected chi connectivity index (χ2v) is 8.66. The molecule has 2 N–H and O–H groups in total. The van der Waals surface area contributed by atoms with Gasteiger partial charge >= 0.3 is 0 Å². The molecule has 0 fully saturated rings. The minimum absolute atomic E-state index is 0.0902. The molecule has 1 aromatic rings. The molecule has 0 bridgehead atoms. The smallest absolute Gasteiger partial charge is 0.151 e. The summed E-state index contributed by atoms with van der Waals surface area (Å²) in [6, 6.07) is 2.04. The highest BCUT2D eigenvalue weighted by molar-refractivity contribution is 7.10. The standard InChI is InChI=1S/C22H28N4O2S/c1-4-5-6-28-21-17-8-18(22-25-16(9-23)13-29-22)20(27)7-15(17)12-26(11-14(2)3)19(21)10-24/h8,12-14,18H,4-7,10-11,24H2,1-3H3. The molecule has 1 atom stereocenters. The van der Waals surface area contributed by atoms with Crippen molar-refractivity contribution in [1.82, 2.24) is 9.88 Å². The zero-order valence-corrected chi connectivity index (χ0v) is 18.1. The third kappa shape index (κ3) is 4.60. The van der Waals surface area contributed by atoms with Crippen molar-refractivity contribution < 1.29 is 9.53 Å². The summed E-state index contributed by atoms with van der Waals surface area (Å²) < 4.78 is 6.22. The van der Waals surface area contributed by atoms with Crippen molar-refractivity contribution in [3.63, 3.8) is 0 Å². The Kier molecular flexibility index (Phi) is 6.88. The normalized spacial score (nSPS) is 19.1. The van der Waals surface area contributed by atoms with Gasteiger partial charge in [-0.25, -0.2) is 4.98 Å². The van der Waals surface area contributed by atoms with Crippen LogP contribution in [-0.4, -0.2) is 35.4 Å². The molecule has 29 heavy (non-hydrogen) atoms. The van der Waals surface area contributed by atoms with E-state index >= 15 is 0 Å². The van der Waals surface area contributed by atoms with Crippen LogP contribution in [0.5, 0.6) is 0 Å². The van der Waals surface area contributed by atoms with E-state index in [1.807, 2.05) is 12.1 Å². The van der Waals surface area contributed by atoms with Crippen molar-refractivity contribution in [2.24, 2.45) is 11.7 Å². The first-order valence-corrected chi connectivity index (χ1v) is 11.0. The molecule has 0 radical (unpaired) electrons. The first-order valence-electron chi connectivity index (χ1n) is 10.1. The third-order valence-electron chi connectivity index (χ3n) is 4.96. The molecule has 154 valence electrons. The molecule has 3 rings (SSSR count). The zero-order chi connectivity index (χ0) is 21.0. The average molecular weight is 413 g/mol. The number of carbonyl (C=O) groups is 1. The first kappa shape index (κ1) is 21.3. The van der Waals surface area contributed by atoms with Gasteiger partial charge in [0.15, 0.2) is 11.5 Å². The molecule has 7 heteroatoms. The maximum atomic E-state index is 12.9. The van der Waals surface area contributed by atoms with E-state index in [4.69, 9.17) is 15.7 Å². The van der Waals surface area contributed by atoms with Crippen molar-refractivity contribution >= 4 is 17.1 Å². The Morgan fingerprint density at radius 1 is 1.48 bits per heavy atom. The lowest BCUT2D eigenvalue weighted by molar-refractivity contribution is -0.119. The molecule has 0 saturated heterocycles.